The SMILES string of the molecule is NC(=O)C1(Nc2cccc(Cl)c2)CNC1. The van der Waals surface area contributed by atoms with Crippen LogP contribution in [0.25, 0.3) is 0 Å². The first-order chi connectivity index (χ1) is 7.12. The number of anilines is 1. The first-order valence-electron chi connectivity index (χ1n) is 4.67. The van der Waals surface area contributed by atoms with E-state index in [0.29, 0.717) is 18.1 Å². The molecule has 0 saturated carbocycles. The zero-order valence-electron chi connectivity index (χ0n) is 8.09. The molecule has 0 bridgehead atoms. The van der Waals surface area contributed by atoms with Crippen LogP contribution in [0, 0.1) is 0 Å². The van der Waals surface area contributed by atoms with Gasteiger partial charge in [-0.15, -0.1) is 0 Å². The average Bonchev–Trinajstić information content (AvgIpc) is 2.11. The van der Waals surface area contributed by atoms with Crippen molar-refractivity contribution in [2.24, 2.45) is 5.73 Å². The number of hydrogen-bond donors (Lipinski definition) is 3. The highest BCUT2D eigenvalue weighted by Crippen LogP contribution is 2.21. The summed E-state index contributed by atoms with van der Waals surface area (Å²) in [6, 6.07) is 7.23. The summed E-state index contributed by atoms with van der Waals surface area (Å²) in [5, 5.41) is 6.76. The summed E-state index contributed by atoms with van der Waals surface area (Å²) in [7, 11) is 0. The van der Waals surface area contributed by atoms with Crippen LogP contribution in [-0.4, -0.2) is 24.5 Å². The number of halogens is 1. The third kappa shape index (κ3) is 1.91. The summed E-state index contributed by atoms with van der Waals surface area (Å²) >= 11 is 5.84. The van der Waals surface area contributed by atoms with Gasteiger partial charge in [-0.2, -0.15) is 0 Å². The number of primary amides is 1. The number of rotatable bonds is 3. The normalized spacial score (nSPS) is 17.9. The van der Waals surface area contributed by atoms with Gasteiger partial charge in [0.25, 0.3) is 0 Å². The molecule has 0 unspecified atom stereocenters. The van der Waals surface area contributed by atoms with Crippen molar-refractivity contribution in [3.8, 4) is 0 Å². The Balaban J connectivity index is 2.17. The van der Waals surface area contributed by atoms with Gasteiger partial charge in [0.1, 0.15) is 5.54 Å². The van der Waals surface area contributed by atoms with E-state index in [1.54, 1.807) is 12.1 Å². The second-order valence-corrected chi connectivity index (χ2v) is 4.12. The molecular formula is C10H12ClN3O. The quantitative estimate of drug-likeness (QED) is 0.705. The van der Waals surface area contributed by atoms with Crippen molar-refractivity contribution in [2.75, 3.05) is 18.4 Å². The molecule has 15 heavy (non-hydrogen) atoms. The molecule has 1 aliphatic heterocycles. The van der Waals surface area contributed by atoms with Crippen LogP contribution in [-0.2, 0) is 4.79 Å². The van der Waals surface area contributed by atoms with Crippen LogP contribution in [0.3, 0.4) is 0 Å². The minimum Gasteiger partial charge on any atom is -0.369 e. The maximum Gasteiger partial charge on any atom is 0.245 e. The Kier molecular flexibility index (Phi) is 2.54. The number of hydrogen-bond acceptors (Lipinski definition) is 3. The van der Waals surface area contributed by atoms with Gasteiger partial charge in [-0.1, -0.05) is 17.7 Å². The van der Waals surface area contributed by atoms with E-state index in [1.165, 1.54) is 0 Å². The Morgan fingerprint density at radius 1 is 1.53 bits per heavy atom. The molecule has 0 atom stereocenters. The van der Waals surface area contributed by atoms with E-state index in [1.807, 2.05) is 12.1 Å². The van der Waals surface area contributed by atoms with Gasteiger partial charge in [0, 0.05) is 23.8 Å². The third-order valence-electron chi connectivity index (χ3n) is 2.53. The van der Waals surface area contributed by atoms with E-state index in [4.69, 9.17) is 17.3 Å². The van der Waals surface area contributed by atoms with Gasteiger partial charge >= 0.3 is 0 Å². The van der Waals surface area contributed by atoms with E-state index in [9.17, 15) is 4.79 Å². The molecule has 1 aromatic rings. The summed E-state index contributed by atoms with van der Waals surface area (Å²) < 4.78 is 0. The Labute approximate surface area is 92.8 Å². The van der Waals surface area contributed by atoms with Gasteiger partial charge < -0.3 is 16.4 Å². The summed E-state index contributed by atoms with van der Waals surface area (Å²) in [5.41, 5.74) is 5.49. The van der Waals surface area contributed by atoms with Gasteiger partial charge in [-0.25, -0.2) is 0 Å². The van der Waals surface area contributed by atoms with Gasteiger partial charge in [-0.05, 0) is 18.2 Å². The lowest BCUT2D eigenvalue weighted by Gasteiger charge is -2.41. The third-order valence-corrected chi connectivity index (χ3v) is 2.77. The molecule has 1 aliphatic rings. The van der Waals surface area contributed by atoms with Crippen LogP contribution in [0.4, 0.5) is 5.69 Å². The van der Waals surface area contributed by atoms with Crippen molar-refractivity contribution in [2.45, 2.75) is 5.54 Å². The maximum atomic E-state index is 11.3. The number of benzene rings is 1. The summed E-state index contributed by atoms with van der Waals surface area (Å²) in [6.45, 7) is 1.10. The molecule has 0 spiro atoms. The molecule has 1 fully saturated rings. The largest absolute Gasteiger partial charge is 0.369 e. The fraction of sp³-hybridized carbons (Fsp3) is 0.300. The molecule has 5 heteroatoms. The summed E-state index contributed by atoms with van der Waals surface area (Å²) in [4.78, 5) is 11.3. The van der Waals surface area contributed by atoms with E-state index >= 15 is 0 Å². The smallest absolute Gasteiger partial charge is 0.245 e. The highest BCUT2D eigenvalue weighted by Gasteiger charge is 2.42. The van der Waals surface area contributed by atoms with Gasteiger partial charge in [-0.3, -0.25) is 4.79 Å². The molecule has 0 aliphatic carbocycles. The molecule has 4 N–H and O–H groups in total. The van der Waals surface area contributed by atoms with Gasteiger partial charge in [0.15, 0.2) is 0 Å². The molecule has 80 valence electrons. The van der Waals surface area contributed by atoms with Crippen molar-refractivity contribution in [1.82, 2.24) is 5.32 Å². The molecule has 1 amide bonds. The van der Waals surface area contributed by atoms with Crippen LogP contribution >= 0.6 is 11.6 Å². The minimum atomic E-state index is -0.662. The van der Waals surface area contributed by atoms with E-state index in [-0.39, 0.29) is 5.91 Å². The van der Waals surface area contributed by atoms with Gasteiger partial charge in [0.2, 0.25) is 5.91 Å². The van der Waals surface area contributed by atoms with E-state index < -0.39 is 5.54 Å². The Bertz CT molecular complexity index is 390. The number of carbonyl (C=O) groups is 1. The first-order valence-corrected chi connectivity index (χ1v) is 5.05. The molecule has 1 aromatic carbocycles. The molecular weight excluding hydrogens is 214 g/mol. The zero-order valence-corrected chi connectivity index (χ0v) is 8.84. The molecule has 4 nitrogen and oxygen atoms in total. The topological polar surface area (TPSA) is 67.2 Å². The second kappa shape index (κ2) is 3.72. The predicted molar refractivity (Wildman–Crippen MR) is 59.9 cm³/mol. The van der Waals surface area contributed by atoms with Crippen molar-refractivity contribution in [3.63, 3.8) is 0 Å². The minimum absolute atomic E-state index is 0.346. The lowest BCUT2D eigenvalue weighted by molar-refractivity contribution is -0.123. The predicted octanol–water partition coefficient (Wildman–Crippen LogP) is 0.579. The van der Waals surface area contributed by atoms with E-state index in [2.05, 4.69) is 10.6 Å². The van der Waals surface area contributed by atoms with Crippen LogP contribution in [0.2, 0.25) is 5.02 Å². The van der Waals surface area contributed by atoms with Gasteiger partial charge in [0.05, 0.1) is 0 Å². The molecule has 1 heterocycles. The molecule has 0 aromatic heterocycles. The second-order valence-electron chi connectivity index (χ2n) is 3.69. The standard InChI is InChI=1S/C10H12ClN3O/c11-7-2-1-3-8(4-7)14-10(9(12)15)5-13-6-10/h1-4,13-14H,5-6H2,(H2,12,15). The fourth-order valence-corrected chi connectivity index (χ4v) is 1.73. The number of nitrogens with one attached hydrogen (secondary N) is 2. The lowest BCUT2D eigenvalue weighted by atomic mass is 9.91. The van der Waals surface area contributed by atoms with Crippen LogP contribution in [0.1, 0.15) is 0 Å². The highest BCUT2D eigenvalue weighted by atomic mass is 35.5. The van der Waals surface area contributed by atoms with Crippen molar-refractivity contribution < 1.29 is 4.79 Å². The Morgan fingerprint density at radius 2 is 2.27 bits per heavy atom. The van der Waals surface area contributed by atoms with Crippen molar-refractivity contribution >= 4 is 23.2 Å². The van der Waals surface area contributed by atoms with E-state index in [0.717, 1.165) is 5.69 Å². The lowest BCUT2D eigenvalue weighted by Crippen LogP contribution is -2.70. The Morgan fingerprint density at radius 3 is 2.73 bits per heavy atom. The highest BCUT2D eigenvalue weighted by molar-refractivity contribution is 6.30. The summed E-state index contributed by atoms with van der Waals surface area (Å²) in [5.74, 6) is -0.346. The molecule has 2 rings (SSSR count). The number of amides is 1. The average molecular weight is 226 g/mol. The van der Waals surface area contributed by atoms with Crippen LogP contribution in [0.5, 0.6) is 0 Å². The number of carbonyl (C=O) groups excluding carboxylic acids is 1. The first kappa shape index (κ1) is 10.3. The Hall–Kier alpha value is -1.26. The van der Waals surface area contributed by atoms with Crippen molar-refractivity contribution in [1.29, 1.82) is 0 Å². The summed E-state index contributed by atoms with van der Waals surface area (Å²) in [6.07, 6.45) is 0. The molecule has 0 radical (unpaired) electrons. The van der Waals surface area contributed by atoms with Crippen LogP contribution in [0.15, 0.2) is 24.3 Å². The zero-order chi connectivity index (χ0) is 10.9. The van der Waals surface area contributed by atoms with Crippen molar-refractivity contribution in [3.05, 3.63) is 29.3 Å². The monoisotopic (exact) mass is 225 g/mol. The maximum absolute atomic E-state index is 11.3. The fourth-order valence-electron chi connectivity index (χ4n) is 1.54. The molecule has 1 saturated heterocycles. The van der Waals surface area contributed by atoms with Crippen LogP contribution < -0.4 is 16.4 Å². The number of nitrogens with two attached hydrogens (primary N) is 1.